The van der Waals surface area contributed by atoms with E-state index in [1.54, 1.807) is 23.5 Å². The molecule has 2 N–H and O–H groups in total. The summed E-state index contributed by atoms with van der Waals surface area (Å²) in [5.41, 5.74) is 5.82. The van der Waals surface area contributed by atoms with Crippen molar-refractivity contribution >= 4 is 44.6 Å². The molecule has 0 aliphatic rings. The zero-order chi connectivity index (χ0) is 21.5. The van der Waals surface area contributed by atoms with E-state index in [1.165, 1.54) is 4.70 Å². The van der Waals surface area contributed by atoms with Gasteiger partial charge in [0.05, 0.1) is 12.3 Å². The van der Waals surface area contributed by atoms with Crippen LogP contribution in [0.2, 0.25) is 0 Å². The molecule has 0 unspecified atom stereocenters. The number of hydrogen-bond donors (Lipinski definition) is 2. The number of hydrazone groups is 1. The van der Waals surface area contributed by atoms with E-state index in [2.05, 4.69) is 40.7 Å². The van der Waals surface area contributed by atoms with Gasteiger partial charge in [-0.05, 0) is 51.1 Å². The van der Waals surface area contributed by atoms with Gasteiger partial charge < -0.3 is 10.2 Å². The largest absolute Gasteiger partial charge is 0.372 e. The third-order valence-corrected chi connectivity index (χ3v) is 5.85. The van der Waals surface area contributed by atoms with Gasteiger partial charge in [0.25, 0.3) is 11.8 Å². The quantitative estimate of drug-likeness (QED) is 0.425. The minimum atomic E-state index is -0.373. The Balaban J connectivity index is 1.54. The Morgan fingerprint density at radius 1 is 1.03 bits per heavy atom. The molecule has 0 saturated carbocycles. The molecule has 7 heteroatoms. The second-order valence-electron chi connectivity index (χ2n) is 6.78. The fourth-order valence-corrected chi connectivity index (χ4v) is 4.18. The highest BCUT2D eigenvalue weighted by atomic mass is 32.1. The van der Waals surface area contributed by atoms with Gasteiger partial charge in [-0.25, -0.2) is 5.43 Å². The highest BCUT2D eigenvalue weighted by molar-refractivity contribution is 7.17. The van der Waals surface area contributed by atoms with Gasteiger partial charge in [0, 0.05) is 45.4 Å². The number of rotatable bonds is 8. The normalized spacial score (nSPS) is 11.4. The van der Waals surface area contributed by atoms with E-state index in [1.807, 2.05) is 42.6 Å². The number of nitrogens with zero attached hydrogens (tertiary/aromatic N) is 2. The number of carbonyl (C=O) groups excluding carboxylic acids is 2. The molecule has 2 aromatic carbocycles. The molecule has 3 aromatic rings. The topological polar surface area (TPSA) is 73.8 Å². The maximum atomic E-state index is 12.3. The van der Waals surface area contributed by atoms with Crippen LogP contribution in [-0.2, 0) is 4.79 Å². The fourth-order valence-electron chi connectivity index (χ4n) is 3.18. The molecule has 0 saturated heterocycles. The number of thiophene rings is 1. The van der Waals surface area contributed by atoms with Gasteiger partial charge in [0.1, 0.15) is 0 Å². The van der Waals surface area contributed by atoms with Crippen LogP contribution in [0.1, 0.15) is 36.7 Å². The third kappa shape index (κ3) is 5.04. The Hall–Kier alpha value is -3.19. The first-order chi connectivity index (χ1) is 14.5. The van der Waals surface area contributed by atoms with Gasteiger partial charge in [-0.15, -0.1) is 11.3 Å². The van der Waals surface area contributed by atoms with Crippen molar-refractivity contribution in [3.05, 3.63) is 65.0 Å². The maximum absolute atomic E-state index is 12.3. The second-order valence-corrected chi connectivity index (χ2v) is 7.69. The van der Waals surface area contributed by atoms with Crippen molar-refractivity contribution in [2.24, 2.45) is 5.10 Å². The van der Waals surface area contributed by atoms with Gasteiger partial charge in [-0.3, -0.25) is 9.59 Å². The van der Waals surface area contributed by atoms with E-state index in [4.69, 9.17) is 0 Å². The summed E-state index contributed by atoms with van der Waals surface area (Å²) in [6.07, 6.45) is 0. The average Bonchev–Trinajstić information content (AvgIpc) is 3.21. The van der Waals surface area contributed by atoms with Crippen LogP contribution in [0.25, 0.3) is 10.1 Å². The maximum Gasteiger partial charge on any atom is 0.259 e. The van der Waals surface area contributed by atoms with E-state index in [0.717, 1.165) is 35.4 Å². The molecule has 0 aliphatic heterocycles. The average molecular weight is 423 g/mol. The lowest BCUT2D eigenvalue weighted by Crippen LogP contribution is -2.35. The summed E-state index contributed by atoms with van der Waals surface area (Å²) >= 11 is 1.64. The van der Waals surface area contributed by atoms with Gasteiger partial charge in [0.2, 0.25) is 0 Å². The lowest BCUT2D eigenvalue weighted by Gasteiger charge is -2.21. The van der Waals surface area contributed by atoms with Gasteiger partial charge in [-0.2, -0.15) is 5.10 Å². The van der Waals surface area contributed by atoms with Crippen LogP contribution in [0.15, 0.2) is 59.0 Å². The number of anilines is 1. The zero-order valence-corrected chi connectivity index (χ0v) is 18.3. The minimum Gasteiger partial charge on any atom is -0.372 e. The molecule has 3 rings (SSSR count). The summed E-state index contributed by atoms with van der Waals surface area (Å²) in [5, 5.41) is 9.95. The molecule has 6 nitrogen and oxygen atoms in total. The minimum absolute atomic E-state index is 0.141. The van der Waals surface area contributed by atoms with Crippen molar-refractivity contribution in [1.82, 2.24) is 10.7 Å². The molecule has 2 amide bonds. The van der Waals surface area contributed by atoms with Crippen LogP contribution < -0.4 is 15.6 Å². The molecule has 1 heterocycles. The second kappa shape index (κ2) is 10.0. The van der Waals surface area contributed by atoms with Crippen LogP contribution >= 0.6 is 11.3 Å². The van der Waals surface area contributed by atoms with Gasteiger partial charge >= 0.3 is 0 Å². The standard InChI is InChI=1S/C23H26N4O2S/c1-4-27(5-2)18-12-10-17(11-13-18)23(29)24-14-22(28)26-25-16(3)20-15-30-21-9-7-6-8-19(20)21/h6-13,15H,4-5,14H2,1-3H3,(H,24,29)(H,26,28). The predicted octanol–water partition coefficient (Wildman–Crippen LogP) is 4.02. The molecule has 0 spiro atoms. The van der Waals surface area contributed by atoms with E-state index in [0.29, 0.717) is 5.56 Å². The number of nitrogens with one attached hydrogen (secondary N) is 2. The number of carbonyl (C=O) groups is 2. The lowest BCUT2D eigenvalue weighted by atomic mass is 10.1. The van der Waals surface area contributed by atoms with Crippen molar-refractivity contribution in [3.63, 3.8) is 0 Å². The summed E-state index contributed by atoms with van der Waals surface area (Å²) in [6.45, 7) is 7.71. The third-order valence-electron chi connectivity index (χ3n) is 4.89. The van der Waals surface area contributed by atoms with Crippen LogP contribution in [0, 0.1) is 0 Å². The van der Waals surface area contributed by atoms with Gasteiger partial charge in [-0.1, -0.05) is 18.2 Å². The molecular weight excluding hydrogens is 396 g/mol. The van der Waals surface area contributed by atoms with E-state index in [-0.39, 0.29) is 18.4 Å². The molecule has 156 valence electrons. The fraction of sp³-hybridized carbons (Fsp3) is 0.261. The van der Waals surface area contributed by atoms with Crippen LogP contribution in [-0.4, -0.2) is 37.2 Å². The summed E-state index contributed by atoms with van der Waals surface area (Å²) in [5.74, 6) is -0.664. The Morgan fingerprint density at radius 2 is 1.73 bits per heavy atom. The van der Waals surface area contributed by atoms with Crippen LogP contribution in [0.3, 0.4) is 0 Å². The number of benzene rings is 2. The Kier molecular flexibility index (Phi) is 7.19. The predicted molar refractivity (Wildman–Crippen MR) is 125 cm³/mol. The van der Waals surface area contributed by atoms with Crippen molar-refractivity contribution in [3.8, 4) is 0 Å². The van der Waals surface area contributed by atoms with Crippen molar-refractivity contribution in [1.29, 1.82) is 0 Å². The Bertz CT molecular complexity index is 1050. The zero-order valence-electron chi connectivity index (χ0n) is 17.4. The highest BCUT2D eigenvalue weighted by Crippen LogP contribution is 2.26. The summed E-state index contributed by atoms with van der Waals surface area (Å²) < 4.78 is 1.17. The Morgan fingerprint density at radius 3 is 2.43 bits per heavy atom. The SMILES string of the molecule is CCN(CC)c1ccc(C(=O)NCC(=O)NN=C(C)c2csc3ccccc23)cc1. The first-order valence-corrected chi connectivity index (χ1v) is 10.8. The van der Waals surface area contributed by atoms with E-state index < -0.39 is 0 Å². The van der Waals surface area contributed by atoms with Crippen LogP contribution in [0.4, 0.5) is 5.69 Å². The van der Waals surface area contributed by atoms with Crippen molar-refractivity contribution < 1.29 is 9.59 Å². The summed E-state index contributed by atoms with van der Waals surface area (Å²) in [4.78, 5) is 26.6. The molecular formula is C23H26N4O2S. The van der Waals surface area contributed by atoms with Crippen molar-refractivity contribution in [2.75, 3.05) is 24.5 Å². The highest BCUT2D eigenvalue weighted by Gasteiger charge is 2.10. The molecule has 30 heavy (non-hydrogen) atoms. The van der Waals surface area contributed by atoms with Crippen LogP contribution in [0.5, 0.6) is 0 Å². The Labute approximate surface area is 180 Å². The van der Waals surface area contributed by atoms with E-state index in [9.17, 15) is 9.59 Å². The summed E-state index contributed by atoms with van der Waals surface area (Å²) in [7, 11) is 0. The summed E-state index contributed by atoms with van der Waals surface area (Å²) in [6, 6.07) is 15.4. The number of amides is 2. The lowest BCUT2D eigenvalue weighted by molar-refractivity contribution is -0.120. The molecule has 0 aliphatic carbocycles. The first kappa shape index (κ1) is 21.5. The molecule has 0 radical (unpaired) electrons. The van der Waals surface area contributed by atoms with Gasteiger partial charge in [0.15, 0.2) is 0 Å². The van der Waals surface area contributed by atoms with Crippen molar-refractivity contribution in [2.45, 2.75) is 20.8 Å². The monoisotopic (exact) mass is 422 g/mol. The van der Waals surface area contributed by atoms with E-state index >= 15 is 0 Å². The smallest absolute Gasteiger partial charge is 0.259 e. The first-order valence-electron chi connectivity index (χ1n) is 9.96. The number of hydrogen-bond acceptors (Lipinski definition) is 5. The molecule has 1 aromatic heterocycles. The molecule has 0 fully saturated rings. The molecule has 0 atom stereocenters. The molecule has 0 bridgehead atoms. The number of fused-ring (bicyclic) bond motifs is 1.